The van der Waals surface area contributed by atoms with Gasteiger partial charge in [-0.1, -0.05) is 29.8 Å². The van der Waals surface area contributed by atoms with E-state index in [1.807, 2.05) is 31.2 Å². The van der Waals surface area contributed by atoms with Crippen molar-refractivity contribution in [3.8, 4) is 0 Å². The van der Waals surface area contributed by atoms with Gasteiger partial charge in [0.25, 0.3) is 17.2 Å². The van der Waals surface area contributed by atoms with Crippen molar-refractivity contribution in [1.29, 1.82) is 0 Å². The molecule has 0 unspecified atom stereocenters. The fourth-order valence-corrected chi connectivity index (χ4v) is 3.99. The van der Waals surface area contributed by atoms with E-state index in [4.69, 9.17) is 0 Å². The Hall–Kier alpha value is -3.99. The Morgan fingerprint density at radius 3 is 2.53 bits per heavy atom. The molecule has 0 radical (unpaired) electrons. The lowest BCUT2D eigenvalue weighted by Gasteiger charge is -2.11. The van der Waals surface area contributed by atoms with Crippen LogP contribution in [-0.4, -0.2) is 43.2 Å². The number of nitrogens with one attached hydrogen (secondary N) is 2. The number of carbonyl (C=O) groups excluding carboxylic acids is 1. The fraction of sp³-hybridized carbons (Fsp3) is 0.217. The molecule has 34 heavy (non-hydrogen) atoms. The van der Waals surface area contributed by atoms with Crippen LogP contribution in [0.5, 0.6) is 0 Å². The Balaban J connectivity index is 1.64. The number of hydrogen-bond acceptors (Lipinski definition) is 7. The van der Waals surface area contributed by atoms with Crippen molar-refractivity contribution >= 4 is 27.1 Å². The Morgan fingerprint density at radius 1 is 1.09 bits per heavy atom. The molecule has 3 aromatic rings. The number of amides is 1. The van der Waals surface area contributed by atoms with Gasteiger partial charge in [0.2, 0.25) is 0 Å². The first-order valence-electron chi connectivity index (χ1n) is 10.3. The minimum Gasteiger partial charge on any atom is -0.378 e. The molecule has 0 saturated carbocycles. The van der Waals surface area contributed by atoms with Gasteiger partial charge in [-0.3, -0.25) is 19.7 Å². The van der Waals surface area contributed by atoms with E-state index in [1.165, 1.54) is 22.8 Å². The summed E-state index contributed by atoms with van der Waals surface area (Å²) >= 11 is 0. The van der Waals surface area contributed by atoms with Crippen molar-refractivity contribution in [2.24, 2.45) is 0 Å². The molecule has 10 nitrogen and oxygen atoms in total. The Bertz CT molecular complexity index is 1400. The van der Waals surface area contributed by atoms with Crippen molar-refractivity contribution in [3.63, 3.8) is 0 Å². The molecule has 0 atom stereocenters. The molecule has 2 aromatic carbocycles. The average Bonchev–Trinajstić information content (AvgIpc) is 2.77. The molecule has 0 fully saturated rings. The highest BCUT2D eigenvalue weighted by Gasteiger charge is 2.18. The second kappa shape index (κ2) is 10.3. The highest BCUT2D eigenvalue weighted by atomic mass is 32.2. The number of nitro groups is 1. The van der Waals surface area contributed by atoms with Crippen molar-refractivity contribution in [3.05, 3.63) is 98.0 Å². The number of nitrogens with zero attached hydrogens (tertiary/aromatic N) is 2. The van der Waals surface area contributed by atoms with Crippen molar-refractivity contribution in [1.82, 2.24) is 9.88 Å². The minimum absolute atomic E-state index is 0.0151. The third-order valence-corrected chi connectivity index (χ3v) is 6.13. The van der Waals surface area contributed by atoms with Crippen LogP contribution in [0.15, 0.2) is 70.5 Å². The van der Waals surface area contributed by atoms with Gasteiger partial charge in [-0.2, -0.15) is 0 Å². The molecule has 1 aromatic heterocycles. The van der Waals surface area contributed by atoms with Crippen LogP contribution in [0, 0.1) is 17.0 Å². The molecular formula is C23H24N4O6S. The van der Waals surface area contributed by atoms with Gasteiger partial charge < -0.3 is 15.2 Å². The third kappa shape index (κ3) is 6.07. The number of aromatic nitrogens is 1. The van der Waals surface area contributed by atoms with Gasteiger partial charge in [-0.25, -0.2) is 8.42 Å². The van der Waals surface area contributed by atoms with Crippen LogP contribution >= 0.6 is 0 Å². The van der Waals surface area contributed by atoms with E-state index in [2.05, 4.69) is 10.6 Å². The van der Waals surface area contributed by atoms with E-state index < -0.39 is 31.9 Å². The zero-order valence-corrected chi connectivity index (χ0v) is 19.5. The van der Waals surface area contributed by atoms with E-state index >= 15 is 0 Å². The zero-order valence-electron chi connectivity index (χ0n) is 18.6. The third-order valence-electron chi connectivity index (χ3n) is 5.02. The first kappa shape index (κ1) is 24.6. The second-order valence-corrected chi connectivity index (χ2v) is 9.75. The van der Waals surface area contributed by atoms with E-state index in [0.717, 1.165) is 23.4 Å². The molecule has 1 amide bonds. The lowest BCUT2D eigenvalue weighted by molar-refractivity contribution is -0.384. The predicted molar refractivity (Wildman–Crippen MR) is 128 cm³/mol. The summed E-state index contributed by atoms with van der Waals surface area (Å²) in [5, 5.41) is 16.7. The Kier molecular flexibility index (Phi) is 7.47. The molecule has 0 aliphatic carbocycles. The van der Waals surface area contributed by atoms with Gasteiger partial charge in [-0.05, 0) is 36.8 Å². The van der Waals surface area contributed by atoms with Gasteiger partial charge >= 0.3 is 0 Å². The Morgan fingerprint density at radius 2 is 1.85 bits per heavy atom. The number of anilines is 1. The number of hydrogen-bond donors (Lipinski definition) is 2. The summed E-state index contributed by atoms with van der Waals surface area (Å²) in [5.41, 5.74) is 1.29. The number of pyridine rings is 1. The average molecular weight is 485 g/mol. The monoisotopic (exact) mass is 484 g/mol. The summed E-state index contributed by atoms with van der Waals surface area (Å²) < 4.78 is 24.7. The van der Waals surface area contributed by atoms with Crippen molar-refractivity contribution in [2.75, 3.05) is 24.7 Å². The molecule has 11 heteroatoms. The maximum atomic E-state index is 12.7. The number of aryl methyl sites for hydroxylation is 1. The van der Waals surface area contributed by atoms with Crippen LogP contribution in [0.3, 0.4) is 0 Å². The molecular weight excluding hydrogens is 460 g/mol. The zero-order chi connectivity index (χ0) is 24.9. The van der Waals surface area contributed by atoms with Gasteiger partial charge in [0.15, 0.2) is 9.84 Å². The Labute approximate surface area is 196 Å². The molecule has 1 heterocycles. The molecule has 0 saturated heterocycles. The van der Waals surface area contributed by atoms with E-state index in [9.17, 15) is 28.1 Å². The first-order valence-corrected chi connectivity index (χ1v) is 12.2. The normalized spacial score (nSPS) is 11.1. The molecule has 178 valence electrons. The first-order chi connectivity index (χ1) is 16.1. The smallest absolute Gasteiger partial charge is 0.293 e. The van der Waals surface area contributed by atoms with Gasteiger partial charge in [0.1, 0.15) is 11.3 Å². The maximum Gasteiger partial charge on any atom is 0.293 e. The summed E-state index contributed by atoms with van der Waals surface area (Å²) in [4.78, 5) is 35.8. The van der Waals surface area contributed by atoms with Crippen LogP contribution in [0.2, 0.25) is 0 Å². The van der Waals surface area contributed by atoms with E-state index in [-0.39, 0.29) is 29.2 Å². The summed E-state index contributed by atoms with van der Waals surface area (Å²) in [6.07, 6.45) is 2.58. The standard InChI is InChI=1S/C23H24N4O6S/c1-16-5-3-6-17(13-16)15-26-12-4-7-19(23(26)29)22(28)25-11-10-24-20-9-8-18(34(2,32)33)14-21(20)27(30)31/h3-9,12-14,24H,10-11,15H2,1-2H3,(H,25,28). The number of nitro benzene ring substituents is 1. The largest absolute Gasteiger partial charge is 0.378 e. The van der Waals surface area contributed by atoms with Crippen LogP contribution in [0.25, 0.3) is 0 Å². The van der Waals surface area contributed by atoms with Crippen molar-refractivity contribution < 1.29 is 18.1 Å². The summed E-state index contributed by atoms with van der Waals surface area (Å²) in [6.45, 7) is 2.49. The maximum absolute atomic E-state index is 12.7. The van der Waals surface area contributed by atoms with Gasteiger partial charge in [0.05, 0.1) is 16.4 Å². The van der Waals surface area contributed by atoms with Gasteiger partial charge in [-0.15, -0.1) is 0 Å². The lowest BCUT2D eigenvalue weighted by atomic mass is 10.1. The summed E-state index contributed by atoms with van der Waals surface area (Å²) in [6, 6.07) is 14.3. The number of carbonyl (C=O) groups is 1. The number of benzene rings is 2. The van der Waals surface area contributed by atoms with Crippen LogP contribution in [0.1, 0.15) is 21.5 Å². The van der Waals surface area contributed by atoms with E-state index in [1.54, 1.807) is 12.3 Å². The topological polar surface area (TPSA) is 140 Å². The molecule has 0 spiro atoms. The summed E-state index contributed by atoms with van der Waals surface area (Å²) in [7, 11) is -3.59. The second-order valence-electron chi connectivity index (χ2n) is 7.73. The number of rotatable bonds is 9. The molecule has 0 aliphatic heterocycles. The molecule has 3 rings (SSSR count). The minimum atomic E-state index is -3.59. The highest BCUT2D eigenvalue weighted by molar-refractivity contribution is 7.90. The highest BCUT2D eigenvalue weighted by Crippen LogP contribution is 2.27. The van der Waals surface area contributed by atoms with Gasteiger partial charge in [0, 0.05) is 31.6 Å². The van der Waals surface area contributed by atoms with E-state index in [0.29, 0.717) is 6.54 Å². The molecule has 0 aliphatic rings. The van der Waals surface area contributed by atoms with Crippen LogP contribution in [0.4, 0.5) is 11.4 Å². The van der Waals surface area contributed by atoms with Crippen LogP contribution in [-0.2, 0) is 16.4 Å². The molecule has 2 N–H and O–H groups in total. The lowest BCUT2D eigenvalue weighted by Crippen LogP contribution is -2.35. The van der Waals surface area contributed by atoms with Crippen LogP contribution < -0.4 is 16.2 Å². The SMILES string of the molecule is Cc1cccc(Cn2cccc(C(=O)NCCNc3ccc(S(C)(=O)=O)cc3[N+](=O)[O-])c2=O)c1. The number of sulfone groups is 1. The fourth-order valence-electron chi connectivity index (χ4n) is 3.35. The van der Waals surface area contributed by atoms with Crippen molar-refractivity contribution in [2.45, 2.75) is 18.4 Å². The predicted octanol–water partition coefficient (Wildman–Crippen LogP) is 2.36. The quantitative estimate of drug-likeness (QED) is 0.270. The molecule has 0 bridgehead atoms. The summed E-state index contributed by atoms with van der Waals surface area (Å²) in [5.74, 6) is -0.563.